The van der Waals surface area contributed by atoms with Gasteiger partial charge in [0.05, 0.1) is 6.61 Å². The molecule has 0 rings (SSSR count). The largest absolute Gasteiger partial charge is 0.478 e. The zero-order valence-corrected chi connectivity index (χ0v) is 12.4. The first-order valence-corrected chi connectivity index (χ1v) is 5.44. The van der Waals surface area contributed by atoms with E-state index in [1.54, 1.807) is 6.92 Å². The van der Waals surface area contributed by atoms with E-state index in [4.69, 9.17) is 5.11 Å². The van der Waals surface area contributed by atoms with Crippen molar-refractivity contribution in [3.05, 3.63) is 12.3 Å². The van der Waals surface area contributed by atoms with Crippen LogP contribution in [0.1, 0.15) is 6.92 Å². The topological polar surface area (TPSA) is 84.9 Å². The van der Waals surface area contributed by atoms with Gasteiger partial charge in [-0.2, -0.15) is 0 Å². The van der Waals surface area contributed by atoms with Gasteiger partial charge in [0.25, 0.3) is 0 Å². The Balaban J connectivity index is 0. The van der Waals surface area contributed by atoms with Gasteiger partial charge in [0, 0.05) is 12.3 Å². The highest BCUT2D eigenvalue weighted by Gasteiger charge is 1.94. The number of hydrogen-bond acceptors (Lipinski definition) is 4. The molecule has 0 bridgehead atoms. The number of rotatable bonds is 3. The molecule has 0 saturated heterocycles. The molecule has 0 heterocycles. The van der Waals surface area contributed by atoms with Gasteiger partial charge in [-0.1, -0.05) is 0 Å². The van der Waals surface area contributed by atoms with Gasteiger partial charge in [-0.05, 0) is 6.92 Å². The van der Waals surface area contributed by atoms with E-state index in [0.717, 1.165) is 33.2 Å². The SMILES string of the molecule is CCOC(=O)NC=CC(=O)O.[SiH3]O[SiH3]. The normalized spacial score (nSPS) is 9.21. The minimum atomic E-state index is -1.12. The molecule has 0 fully saturated rings. The van der Waals surface area contributed by atoms with Gasteiger partial charge in [0.1, 0.15) is 21.0 Å². The van der Waals surface area contributed by atoms with Crippen LogP contribution in [0.5, 0.6) is 0 Å². The van der Waals surface area contributed by atoms with Gasteiger partial charge in [0.15, 0.2) is 0 Å². The van der Waals surface area contributed by atoms with E-state index in [0.29, 0.717) is 0 Å². The highest BCUT2D eigenvalue weighted by atomic mass is 28.3. The van der Waals surface area contributed by atoms with E-state index in [9.17, 15) is 9.59 Å². The zero-order valence-electron chi connectivity index (χ0n) is 8.44. The van der Waals surface area contributed by atoms with Crippen LogP contribution < -0.4 is 5.32 Å². The Bertz CT molecular complexity index is 197. The molecular weight excluding hydrogens is 222 g/mol. The van der Waals surface area contributed by atoms with Crippen molar-refractivity contribution in [1.82, 2.24) is 5.32 Å². The second-order valence-corrected chi connectivity index (χ2v) is 5.21. The second-order valence-electron chi connectivity index (χ2n) is 1.94. The Morgan fingerprint density at radius 3 is 2.36 bits per heavy atom. The number of alkyl carbamates (subject to hydrolysis) is 1. The summed E-state index contributed by atoms with van der Waals surface area (Å²) in [5.74, 6) is -1.12. The molecule has 0 aliphatic rings. The molecule has 14 heavy (non-hydrogen) atoms. The lowest BCUT2D eigenvalue weighted by Gasteiger charge is -1.97. The Morgan fingerprint density at radius 2 is 2.00 bits per heavy atom. The lowest BCUT2D eigenvalue weighted by molar-refractivity contribution is -0.131. The van der Waals surface area contributed by atoms with E-state index < -0.39 is 12.1 Å². The zero-order chi connectivity index (χ0) is 11.4. The fourth-order valence-electron chi connectivity index (χ4n) is 0.354. The summed E-state index contributed by atoms with van der Waals surface area (Å²) in [6.07, 6.45) is 1.14. The van der Waals surface area contributed by atoms with E-state index in [1.807, 2.05) is 0 Å². The first-order valence-electron chi connectivity index (χ1n) is 3.81. The molecule has 0 atom stereocenters. The number of nitrogens with one attached hydrogen (secondary N) is 1. The average Bonchev–Trinajstić information content (AvgIpc) is 2.05. The molecule has 0 aromatic carbocycles. The number of amides is 1. The van der Waals surface area contributed by atoms with Crippen molar-refractivity contribution >= 4 is 33.0 Å². The monoisotopic (exact) mass is 237 g/mol. The second kappa shape index (κ2) is 11.9. The Kier molecular flexibility index (Phi) is 13.0. The van der Waals surface area contributed by atoms with Gasteiger partial charge in [-0.3, -0.25) is 5.32 Å². The molecule has 0 aromatic heterocycles. The first kappa shape index (κ1) is 15.4. The van der Waals surface area contributed by atoms with Crippen molar-refractivity contribution in [2.75, 3.05) is 6.61 Å². The average molecular weight is 237 g/mol. The van der Waals surface area contributed by atoms with E-state index >= 15 is 0 Å². The third-order valence-corrected chi connectivity index (χ3v) is 0.703. The molecule has 0 spiro atoms. The van der Waals surface area contributed by atoms with Crippen LogP contribution in [0, 0.1) is 0 Å². The summed E-state index contributed by atoms with van der Waals surface area (Å²) < 4.78 is 8.96. The predicted molar refractivity (Wildman–Crippen MR) is 57.9 cm³/mol. The summed E-state index contributed by atoms with van der Waals surface area (Å²) in [5.41, 5.74) is 0. The number of carboxylic acid groups (broad SMARTS) is 1. The van der Waals surface area contributed by atoms with E-state index in [-0.39, 0.29) is 6.61 Å². The van der Waals surface area contributed by atoms with Crippen molar-refractivity contribution < 1.29 is 23.5 Å². The fourth-order valence-corrected chi connectivity index (χ4v) is 0.354. The molecule has 82 valence electrons. The molecule has 2 N–H and O–H groups in total. The van der Waals surface area contributed by atoms with Crippen LogP contribution in [0.15, 0.2) is 12.3 Å². The van der Waals surface area contributed by atoms with Gasteiger partial charge < -0.3 is 14.0 Å². The van der Waals surface area contributed by atoms with Gasteiger partial charge in [0.2, 0.25) is 0 Å². The summed E-state index contributed by atoms with van der Waals surface area (Å²) >= 11 is 0. The molecule has 1 amide bonds. The maximum Gasteiger partial charge on any atom is 0.411 e. The van der Waals surface area contributed by atoms with Crippen molar-refractivity contribution in [1.29, 1.82) is 0 Å². The summed E-state index contributed by atoms with van der Waals surface area (Å²) in [4.78, 5) is 20.3. The number of carbonyl (C=O) groups excluding carboxylic acids is 1. The Labute approximate surface area is 88.4 Å². The van der Waals surface area contributed by atoms with E-state index in [2.05, 4.69) is 14.2 Å². The van der Waals surface area contributed by atoms with Crippen molar-refractivity contribution in [2.45, 2.75) is 6.92 Å². The maximum absolute atomic E-state index is 10.4. The smallest absolute Gasteiger partial charge is 0.411 e. The molecule has 0 radical (unpaired) electrons. The molecular formula is C6H15NO5Si2. The molecule has 0 aromatic rings. The number of hydrogen-bond donors (Lipinski definition) is 2. The molecule has 0 unspecified atom stereocenters. The van der Waals surface area contributed by atoms with Crippen LogP contribution in [-0.4, -0.2) is 44.7 Å². The molecule has 0 aliphatic carbocycles. The molecule has 8 heteroatoms. The predicted octanol–water partition coefficient (Wildman–Crippen LogP) is -2.11. The highest BCUT2D eigenvalue weighted by molar-refractivity contribution is 6.15. The Morgan fingerprint density at radius 1 is 1.50 bits per heavy atom. The number of aliphatic carboxylic acids is 1. The van der Waals surface area contributed by atoms with Gasteiger partial charge >= 0.3 is 12.1 Å². The quantitative estimate of drug-likeness (QED) is 0.434. The van der Waals surface area contributed by atoms with Gasteiger partial charge in [-0.15, -0.1) is 0 Å². The highest BCUT2D eigenvalue weighted by Crippen LogP contribution is 1.76. The summed E-state index contributed by atoms with van der Waals surface area (Å²) in [7, 11) is 1.86. The molecule has 0 saturated carbocycles. The Hall–Kier alpha value is -1.13. The lowest BCUT2D eigenvalue weighted by Crippen LogP contribution is -2.18. The van der Waals surface area contributed by atoms with E-state index in [1.165, 1.54) is 0 Å². The third kappa shape index (κ3) is 17.1. The van der Waals surface area contributed by atoms with Crippen LogP contribution in [0.3, 0.4) is 0 Å². The minimum absolute atomic E-state index is 0.257. The van der Waals surface area contributed by atoms with Crippen LogP contribution in [-0.2, 0) is 13.6 Å². The van der Waals surface area contributed by atoms with Crippen LogP contribution >= 0.6 is 0 Å². The van der Waals surface area contributed by atoms with Gasteiger partial charge in [-0.25, -0.2) is 9.59 Å². The van der Waals surface area contributed by atoms with Crippen molar-refractivity contribution in [3.63, 3.8) is 0 Å². The lowest BCUT2D eigenvalue weighted by atomic mass is 10.6. The maximum atomic E-state index is 10.4. The summed E-state index contributed by atoms with van der Waals surface area (Å²) in [6, 6.07) is 0. The minimum Gasteiger partial charge on any atom is -0.478 e. The summed E-state index contributed by atoms with van der Waals surface area (Å²) in [6.45, 7) is 1.91. The molecule has 6 nitrogen and oxygen atoms in total. The fraction of sp³-hybridized carbons (Fsp3) is 0.333. The summed E-state index contributed by atoms with van der Waals surface area (Å²) in [5, 5.41) is 10.2. The van der Waals surface area contributed by atoms with Crippen LogP contribution in [0.25, 0.3) is 0 Å². The molecule has 0 aliphatic heterocycles. The number of ether oxygens (including phenoxy) is 1. The van der Waals surface area contributed by atoms with Crippen molar-refractivity contribution in [3.8, 4) is 0 Å². The number of carboxylic acids is 1. The van der Waals surface area contributed by atoms with Crippen molar-refractivity contribution in [2.24, 2.45) is 0 Å². The standard InChI is InChI=1S/C6H9NO4.H6OSi2/c1-2-11-6(10)7-4-3-5(8)9;2-1-3/h3-4H,2H2,1H3,(H,7,10)(H,8,9);2-3H3. The first-order chi connectivity index (χ1) is 6.58. The number of carbonyl (C=O) groups is 2. The van der Waals surface area contributed by atoms with Crippen LogP contribution in [0.2, 0.25) is 0 Å². The third-order valence-electron chi connectivity index (χ3n) is 0.703. The van der Waals surface area contributed by atoms with Crippen LogP contribution in [0.4, 0.5) is 4.79 Å².